The molecule has 17 heavy (non-hydrogen) atoms. The minimum Gasteiger partial charge on any atom is -0.244 e. The third-order valence-corrected chi connectivity index (χ3v) is 4.06. The van der Waals surface area contributed by atoms with Gasteiger partial charge in [0.2, 0.25) is 0 Å². The largest absolute Gasteiger partial charge is 0.364 e. The molecule has 0 atom stereocenters. The van der Waals surface area contributed by atoms with Crippen molar-refractivity contribution >= 4 is 27.1 Å². The summed E-state index contributed by atoms with van der Waals surface area (Å²) in [6, 6.07) is 2.73. The lowest BCUT2D eigenvalue weighted by Crippen LogP contribution is -2.17. The molecule has 0 amide bonds. The van der Waals surface area contributed by atoms with Crippen molar-refractivity contribution in [2.45, 2.75) is 11.4 Å². The van der Waals surface area contributed by atoms with Crippen LogP contribution in [0.2, 0.25) is 0 Å². The van der Waals surface area contributed by atoms with Crippen LogP contribution in [0.1, 0.15) is 6.42 Å². The number of nitrogens with zero attached hydrogens (tertiary/aromatic N) is 3. The SMILES string of the molecule is O=c1[nH]nc2ccc(S(=O)(=O)CCCCl)nn12. The second kappa shape index (κ2) is 4.46. The van der Waals surface area contributed by atoms with Crippen molar-refractivity contribution in [2.24, 2.45) is 0 Å². The standard InChI is InChI=1S/C8H9ClN4O3S/c9-4-1-5-17(15,16)7-3-2-6-10-11-8(14)13(6)12-7/h2-3H,1,4-5H2,(H,11,14). The van der Waals surface area contributed by atoms with Crippen LogP contribution in [0, 0.1) is 0 Å². The monoisotopic (exact) mass is 276 g/mol. The number of halogens is 1. The molecule has 2 aromatic rings. The highest BCUT2D eigenvalue weighted by Gasteiger charge is 2.17. The summed E-state index contributed by atoms with van der Waals surface area (Å²) in [7, 11) is -3.51. The molecule has 0 aliphatic rings. The lowest BCUT2D eigenvalue weighted by Gasteiger charge is -2.01. The molecule has 2 aromatic heterocycles. The quantitative estimate of drug-likeness (QED) is 0.781. The second-order valence-electron chi connectivity index (χ2n) is 3.33. The summed E-state index contributed by atoms with van der Waals surface area (Å²) >= 11 is 5.44. The zero-order valence-corrected chi connectivity index (χ0v) is 10.2. The van der Waals surface area contributed by atoms with Gasteiger partial charge in [0.15, 0.2) is 20.5 Å². The van der Waals surface area contributed by atoms with E-state index in [9.17, 15) is 13.2 Å². The van der Waals surface area contributed by atoms with Crippen LogP contribution < -0.4 is 5.69 Å². The molecule has 0 spiro atoms. The van der Waals surface area contributed by atoms with Gasteiger partial charge in [-0.2, -0.15) is 14.7 Å². The topological polar surface area (TPSA) is 97.2 Å². The molecule has 1 N–H and O–H groups in total. The number of aromatic nitrogens is 4. The lowest BCUT2D eigenvalue weighted by atomic mass is 10.6. The van der Waals surface area contributed by atoms with Gasteiger partial charge in [-0.25, -0.2) is 18.3 Å². The number of hydrogen-bond donors (Lipinski definition) is 1. The fraction of sp³-hybridized carbons (Fsp3) is 0.375. The number of sulfone groups is 1. The fourth-order valence-corrected chi connectivity index (χ4v) is 2.81. The number of rotatable bonds is 4. The average molecular weight is 277 g/mol. The van der Waals surface area contributed by atoms with Crippen LogP contribution in [-0.4, -0.2) is 39.9 Å². The van der Waals surface area contributed by atoms with E-state index in [-0.39, 0.29) is 22.3 Å². The van der Waals surface area contributed by atoms with Crippen molar-refractivity contribution in [1.29, 1.82) is 0 Å². The molecular weight excluding hydrogens is 268 g/mol. The normalized spacial score (nSPS) is 12.1. The minimum absolute atomic E-state index is 0.0956. The summed E-state index contributed by atoms with van der Waals surface area (Å²) in [5.74, 6) is 0.161. The summed E-state index contributed by atoms with van der Waals surface area (Å²) in [5.41, 5.74) is -0.305. The number of alkyl halides is 1. The van der Waals surface area contributed by atoms with Gasteiger partial charge in [-0.1, -0.05) is 0 Å². The van der Waals surface area contributed by atoms with Crippen LogP contribution >= 0.6 is 11.6 Å². The van der Waals surface area contributed by atoms with Gasteiger partial charge in [0.25, 0.3) is 0 Å². The molecular formula is C8H9ClN4O3S. The van der Waals surface area contributed by atoms with E-state index in [1.165, 1.54) is 12.1 Å². The van der Waals surface area contributed by atoms with Crippen LogP contribution in [0.4, 0.5) is 0 Å². The van der Waals surface area contributed by atoms with E-state index in [0.29, 0.717) is 6.42 Å². The molecule has 0 fully saturated rings. The van der Waals surface area contributed by atoms with Gasteiger partial charge in [-0.15, -0.1) is 11.6 Å². The molecule has 2 rings (SSSR count). The number of fused-ring (bicyclic) bond motifs is 1. The Labute approximate surface area is 101 Å². The molecule has 7 nitrogen and oxygen atoms in total. The first-order chi connectivity index (χ1) is 8.04. The van der Waals surface area contributed by atoms with Crippen LogP contribution in [-0.2, 0) is 9.84 Å². The van der Waals surface area contributed by atoms with E-state index < -0.39 is 15.5 Å². The molecule has 0 aliphatic heterocycles. The number of aromatic amines is 1. The highest BCUT2D eigenvalue weighted by molar-refractivity contribution is 7.91. The summed E-state index contributed by atoms with van der Waals surface area (Å²) in [6.07, 6.45) is 0.337. The lowest BCUT2D eigenvalue weighted by molar-refractivity contribution is 0.587. The molecule has 0 saturated carbocycles. The molecule has 0 aromatic carbocycles. The maximum Gasteiger partial charge on any atom is 0.364 e. The van der Waals surface area contributed by atoms with Crippen molar-refractivity contribution in [3.05, 3.63) is 22.6 Å². The van der Waals surface area contributed by atoms with Gasteiger partial charge in [-0.3, -0.25) is 0 Å². The first-order valence-electron chi connectivity index (χ1n) is 4.78. The molecule has 92 valence electrons. The van der Waals surface area contributed by atoms with Gasteiger partial charge in [-0.05, 0) is 18.6 Å². The second-order valence-corrected chi connectivity index (χ2v) is 5.77. The Balaban J connectivity index is 2.49. The smallest absolute Gasteiger partial charge is 0.244 e. The van der Waals surface area contributed by atoms with E-state index in [2.05, 4.69) is 15.3 Å². The highest BCUT2D eigenvalue weighted by Crippen LogP contribution is 2.09. The van der Waals surface area contributed by atoms with Gasteiger partial charge >= 0.3 is 5.69 Å². The molecule has 0 unspecified atom stereocenters. The van der Waals surface area contributed by atoms with Crippen molar-refractivity contribution in [2.75, 3.05) is 11.6 Å². The summed E-state index contributed by atoms with van der Waals surface area (Å²) < 4.78 is 24.5. The maximum atomic E-state index is 11.8. The Bertz CT molecular complexity index is 690. The maximum absolute atomic E-state index is 11.8. The van der Waals surface area contributed by atoms with Crippen molar-refractivity contribution in [3.8, 4) is 0 Å². The van der Waals surface area contributed by atoms with E-state index in [4.69, 9.17) is 11.6 Å². The van der Waals surface area contributed by atoms with E-state index in [1.807, 2.05) is 0 Å². The first kappa shape index (κ1) is 12.1. The predicted molar refractivity (Wildman–Crippen MR) is 61.0 cm³/mol. The zero-order valence-electron chi connectivity index (χ0n) is 8.63. The van der Waals surface area contributed by atoms with Crippen molar-refractivity contribution < 1.29 is 8.42 Å². The Morgan fingerprint density at radius 1 is 1.41 bits per heavy atom. The Morgan fingerprint density at radius 3 is 2.88 bits per heavy atom. The molecule has 0 saturated heterocycles. The third-order valence-electron chi connectivity index (χ3n) is 2.11. The predicted octanol–water partition coefficient (Wildman–Crippen LogP) is -0.180. The number of H-pyrrole nitrogens is 1. The molecule has 2 heterocycles. The zero-order chi connectivity index (χ0) is 12.5. The Hall–Kier alpha value is -1.41. The summed E-state index contributed by atoms with van der Waals surface area (Å²) in [6.45, 7) is 0. The summed E-state index contributed by atoms with van der Waals surface area (Å²) in [4.78, 5) is 11.2. The van der Waals surface area contributed by atoms with Crippen LogP contribution in [0.15, 0.2) is 22.0 Å². The van der Waals surface area contributed by atoms with Gasteiger partial charge < -0.3 is 0 Å². The summed E-state index contributed by atoms with van der Waals surface area (Å²) in [5, 5.41) is 9.41. The van der Waals surface area contributed by atoms with Gasteiger partial charge in [0, 0.05) is 5.88 Å². The number of hydrogen-bond acceptors (Lipinski definition) is 5. The molecule has 9 heteroatoms. The third kappa shape index (κ3) is 2.32. The van der Waals surface area contributed by atoms with E-state index >= 15 is 0 Å². The van der Waals surface area contributed by atoms with Crippen molar-refractivity contribution in [1.82, 2.24) is 19.8 Å². The Kier molecular flexibility index (Phi) is 3.16. The number of nitrogens with one attached hydrogen (secondary N) is 1. The van der Waals surface area contributed by atoms with E-state index in [1.54, 1.807) is 0 Å². The van der Waals surface area contributed by atoms with Crippen LogP contribution in [0.25, 0.3) is 5.65 Å². The minimum atomic E-state index is -3.51. The molecule has 0 bridgehead atoms. The highest BCUT2D eigenvalue weighted by atomic mass is 35.5. The molecule has 0 aliphatic carbocycles. The van der Waals surface area contributed by atoms with Gasteiger partial charge in [0.1, 0.15) is 0 Å². The van der Waals surface area contributed by atoms with Crippen molar-refractivity contribution in [3.63, 3.8) is 0 Å². The fourth-order valence-electron chi connectivity index (χ4n) is 1.30. The van der Waals surface area contributed by atoms with Crippen LogP contribution in [0.5, 0.6) is 0 Å². The van der Waals surface area contributed by atoms with Crippen LogP contribution in [0.3, 0.4) is 0 Å². The Morgan fingerprint density at radius 2 is 2.18 bits per heavy atom. The van der Waals surface area contributed by atoms with Gasteiger partial charge in [0.05, 0.1) is 5.75 Å². The first-order valence-corrected chi connectivity index (χ1v) is 6.96. The average Bonchev–Trinajstić information content (AvgIpc) is 2.68. The van der Waals surface area contributed by atoms with E-state index in [0.717, 1.165) is 4.52 Å². The molecule has 0 radical (unpaired) electrons.